The molecule has 0 aromatic heterocycles. The third-order valence-corrected chi connectivity index (χ3v) is 3.35. The minimum atomic E-state index is -1.11. The average Bonchev–Trinajstić information content (AvgIpc) is 2.37. The lowest BCUT2D eigenvalue weighted by Crippen LogP contribution is -2.43. The second-order valence-electron chi connectivity index (χ2n) is 3.89. The number of carbonyl (C=O) groups excluding carboxylic acids is 1. The molecule has 20 heavy (non-hydrogen) atoms. The minimum Gasteiger partial charge on any atom is -0.480 e. The van der Waals surface area contributed by atoms with Crippen LogP contribution < -0.4 is 10.6 Å². The van der Waals surface area contributed by atoms with Gasteiger partial charge in [0.25, 0.3) is 0 Å². The lowest BCUT2D eigenvalue weighted by atomic mass is 10.2. The largest absolute Gasteiger partial charge is 0.480 e. The molecule has 1 unspecified atom stereocenters. The predicted octanol–water partition coefficient (Wildman–Crippen LogP) is 2.81. The molecule has 0 saturated carbocycles. The lowest BCUT2D eigenvalue weighted by molar-refractivity contribution is -0.139. The Morgan fingerprint density at radius 2 is 2.20 bits per heavy atom. The van der Waals surface area contributed by atoms with Gasteiger partial charge in [0, 0.05) is 0 Å². The molecule has 5 nitrogen and oxygen atoms in total. The van der Waals surface area contributed by atoms with E-state index in [1.54, 1.807) is 0 Å². The van der Waals surface area contributed by atoms with Gasteiger partial charge in [0.05, 0.1) is 10.7 Å². The summed E-state index contributed by atoms with van der Waals surface area (Å²) in [6, 6.07) is 1.81. The molecule has 8 heteroatoms. The highest BCUT2D eigenvalue weighted by Crippen LogP contribution is 2.22. The Labute approximate surface area is 124 Å². The number of aliphatic carboxylic acids is 1. The molecular weight excluding hydrogens is 307 g/mol. The van der Waals surface area contributed by atoms with Gasteiger partial charge in [-0.3, -0.25) is 0 Å². The van der Waals surface area contributed by atoms with E-state index in [9.17, 15) is 14.0 Å². The summed E-state index contributed by atoms with van der Waals surface area (Å²) in [7, 11) is 0. The maximum absolute atomic E-state index is 12.8. The van der Waals surface area contributed by atoms with Gasteiger partial charge in [-0.25, -0.2) is 14.0 Å². The minimum absolute atomic E-state index is 0.0381. The summed E-state index contributed by atoms with van der Waals surface area (Å²) in [6.07, 6.45) is 2.15. The molecule has 0 heterocycles. The normalized spacial score (nSPS) is 11.8. The highest BCUT2D eigenvalue weighted by Gasteiger charge is 2.19. The Morgan fingerprint density at radius 3 is 2.75 bits per heavy atom. The van der Waals surface area contributed by atoms with Crippen LogP contribution >= 0.6 is 23.4 Å². The van der Waals surface area contributed by atoms with Gasteiger partial charge in [0.1, 0.15) is 11.9 Å². The van der Waals surface area contributed by atoms with Crippen LogP contribution in [0.4, 0.5) is 14.9 Å². The molecule has 0 bridgehead atoms. The second kappa shape index (κ2) is 7.96. The number of amides is 2. The first-order chi connectivity index (χ1) is 9.43. The van der Waals surface area contributed by atoms with Crippen LogP contribution in [0.15, 0.2) is 18.2 Å². The zero-order chi connectivity index (χ0) is 15.1. The number of thioether (sulfide) groups is 1. The molecule has 0 aliphatic heterocycles. The van der Waals surface area contributed by atoms with Crippen molar-refractivity contribution in [2.75, 3.05) is 17.3 Å². The van der Waals surface area contributed by atoms with Gasteiger partial charge in [-0.15, -0.1) is 0 Å². The molecule has 3 N–H and O–H groups in total. The summed E-state index contributed by atoms with van der Waals surface area (Å²) < 4.78 is 12.8. The van der Waals surface area contributed by atoms with E-state index in [1.165, 1.54) is 17.8 Å². The zero-order valence-electron chi connectivity index (χ0n) is 10.7. The van der Waals surface area contributed by atoms with E-state index in [4.69, 9.17) is 16.7 Å². The van der Waals surface area contributed by atoms with E-state index >= 15 is 0 Å². The third kappa shape index (κ3) is 5.26. The van der Waals surface area contributed by atoms with Crippen molar-refractivity contribution in [3.05, 3.63) is 29.0 Å². The number of halogens is 2. The van der Waals surface area contributed by atoms with Crippen molar-refractivity contribution >= 4 is 41.1 Å². The van der Waals surface area contributed by atoms with Crippen LogP contribution in [0.1, 0.15) is 6.42 Å². The molecule has 1 rings (SSSR count). The number of urea groups is 1. The fourth-order valence-electron chi connectivity index (χ4n) is 1.40. The second-order valence-corrected chi connectivity index (χ2v) is 5.29. The molecule has 0 spiro atoms. The summed E-state index contributed by atoms with van der Waals surface area (Å²) in [5.74, 6) is -1.03. The molecular formula is C12H14ClFN2O3S. The van der Waals surface area contributed by atoms with Gasteiger partial charge < -0.3 is 15.7 Å². The monoisotopic (exact) mass is 320 g/mol. The SMILES string of the molecule is CSCCC(NC(=O)Nc1ccc(F)cc1Cl)C(=O)O. The van der Waals surface area contributed by atoms with E-state index in [2.05, 4.69) is 10.6 Å². The third-order valence-electron chi connectivity index (χ3n) is 2.39. The fraction of sp³-hybridized carbons (Fsp3) is 0.333. The van der Waals surface area contributed by atoms with Crippen LogP contribution in [0, 0.1) is 5.82 Å². The topological polar surface area (TPSA) is 78.4 Å². The first kappa shape index (κ1) is 16.6. The molecule has 2 amide bonds. The number of anilines is 1. The number of rotatable bonds is 6. The highest BCUT2D eigenvalue weighted by molar-refractivity contribution is 7.98. The van der Waals surface area contributed by atoms with Crippen molar-refractivity contribution in [3.63, 3.8) is 0 Å². The number of carboxylic acids is 1. The lowest BCUT2D eigenvalue weighted by Gasteiger charge is -2.15. The predicted molar refractivity (Wildman–Crippen MR) is 78.0 cm³/mol. The Hall–Kier alpha value is -1.47. The van der Waals surface area contributed by atoms with Gasteiger partial charge in [0.2, 0.25) is 0 Å². The Kier molecular flexibility index (Phi) is 6.60. The molecule has 0 fully saturated rings. The smallest absolute Gasteiger partial charge is 0.326 e. The number of carbonyl (C=O) groups is 2. The van der Waals surface area contributed by atoms with Crippen LogP contribution in [0.3, 0.4) is 0 Å². The van der Waals surface area contributed by atoms with E-state index in [0.717, 1.165) is 12.1 Å². The summed E-state index contributed by atoms with van der Waals surface area (Å²) >= 11 is 7.24. The number of nitrogens with one attached hydrogen (secondary N) is 2. The Bertz CT molecular complexity index is 502. The molecule has 1 aromatic carbocycles. The number of carboxylic acid groups (broad SMARTS) is 1. The zero-order valence-corrected chi connectivity index (χ0v) is 12.2. The van der Waals surface area contributed by atoms with Crippen LogP contribution in [0.5, 0.6) is 0 Å². The van der Waals surface area contributed by atoms with Crippen LogP contribution in [0.25, 0.3) is 0 Å². The maximum atomic E-state index is 12.8. The summed E-state index contributed by atoms with van der Waals surface area (Å²) in [4.78, 5) is 22.7. The van der Waals surface area contributed by atoms with Crippen LogP contribution in [0.2, 0.25) is 5.02 Å². The summed E-state index contributed by atoms with van der Waals surface area (Å²) in [5, 5.41) is 13.7. The van der Waals surface area contributed by atoms with E-state index < -0.39 is 23.9 Å². The first-order valence-electron chi connectivity index (χ1n) is 5.68. The van der Waals surface area contributed by atoms with Crippen molar-refractivity contribution in [1.29, 1.82) is 0 Å². The molecule has 0 saturated heterocycles. The standard InChI is InChI=1S/C12H14ClFN2O3S/c1-20-5-4-10(11(17)18)16-12(19)15-9-3-2-7(14)6-8(9)13/h2-3,6,10H,4-5H2,1H3,(H,17,18)(H2,15,16,19). The fourth-order valence-corrected chi connectivity index (χ4v) is 2.09. The van der Waals surface area contributed by atoms with Crippen molar-refractivity contribution in [2.45, 2.75) is 12.5 Å². The number of hydrogen-bond donors (Lipinski definition) is 3. The molecule has 1 atom stereocenters. The van der Waals surface area contributed by atoms with Gasteiger partial charge in [-0.05, 0) is 36.6 Å². The summed E-state index contributed by atoms with van der Waals surface area (Å²) in [6.45, 7) is 0. The first-order valence-corrected chi connectivity index (χ1v) is 7.45. The van der Waals surface area contributed by atoms with E-state index in [1.807, 2.05) is 6.26 Å². The van der Waals surface area contributed by atoms with Gasteiger partial charge in [0.15, 0.2) is 0 Å². The van der Waals surface area contributed by atoms with Crippen molar-refractivity contribution in [1.82, 2.24) is 5.32 Å². The quantitative estimate of drug-likeness (QED) is 0.753. The van der Waals surface area contributed by atoms with E-state index in [0.29, 0.717) is 12.2 Å². The van der Waals surface area contributed by atoms with Gasteiger partial charge >= 0.3 is 12.0 Å². The van der Waals surface area contributed by atoms with Gasteiger partial charge in [-0.2, -0.15) is 11.8 Å². The Balaban J connectivity index is 2.63. The van der Waals surface area contributed by atoms with E-state index in [-0.39, 0.29) is 10.7 Å². The molecule has 0 radical (unpaired) electrons. The Morgan fingerprint density at radius 1 is 1.50 bits per heavy atom. The maximum Gasteiger partial charge on any atom is 0.326 e. The van der Waals surface area contributed by atoms with Crippen molar-refractivity contribution in [2.24, 2.45) is 0 Å². The molecule has 0 aliphatic carbocycles. The highest BCUT2D eigenvalue weighted by atomic mass is 35.5. The number of benzene rings is 1. The van der Waals surface area contributed by atoms with Gasteiger partial charge in [-0.1, -0.05) is 11.6 Å². The summed E-state index contributed by atoms with van der Waals surface area (Å²) in [5.41, 5.74) is 0.208. The van der Waals surface area contributed by atoms with Crippen LogP contribution in [-0.2, 0) is 4.79 Å². The average molecular weight is 321 g/mol. The van der Waals surface area contributed by atoms with Crippen LogP contribution in [-0.4, -0.2) is 35.2 Å². The van der Waals surface area contributed by atoms with Crippen molar-refractivity contribution < 1.29 is 19.1 Å². The number of hydrogen-bond acceptors (Lipinski definition) is 3. The molecule has 1 aromatic rings. The molecule has 0 aliphatic rings. The molecule has 110 valence electrons. The van der Waals surface area contributed by atoms with Crippen molar-refractivity contribution in [3.8, 4) is 0 Å².